The van der Waals surface area contributed by atoms with Crippen LogP contribution in [0.3, 0.4) is 0 Å². The van der Waals surface area contributed by atoms with Crippen molar-refractivity contribution < 1.29 is 5.11 Å². The number of hydrogen-bond donors (Lipinski definition) is 2. The smallest absolute Gasteiger partial charge is 0.0715 e. The minimum atomic E-state index is -0.652. The molecular weight excluding hydrogens is 176 g/mol. The van der Waals surface area contributed by atoms with E-state index in [1.807, 2.05) is 19.2 Å². The summed E-state index contributed by atoms with van der Waals surface area (Å²) < 4.78 is 0. The molecule has 0 aliphatic rings. The highest BCUT2D eigenvalue weighted by molar-refractivity contribution is 5.21. The fourth-order valence-electron chi connectivity index (χ4n) is 1.20. The Morgan fingerprint density at radius 3 is 2.79 bits per heavy atom. The molecule has 1 aromatic rings. The summed E-state index contributed by atoms with van der Waals surface area (Å²) in [6, 6.07) is 1.99. The number of aliphatic hydroxyl groups is 1. The zero-order chi connectivity index (χ0) is 10.6. The SMILES string of the molecule is Cc1cnccc1CNCC(C)(C)O. The van der Waals surface area contributed by atoms with Crippen LogP contribution in [0.25, 0.3) is 0 Å². The molecule has 0 fully saturated rings. The standard InChI is InChI=1S/C11H18N2O/c1-9-6-12-5-4-10(9)7-13-8-11(2,3)14/h4-6,13-14H,7-8H2,1-3H3. The molecule has 0 saturated heterocycles. The first-order valence-corrected chi connectivity index (χ1v) is 4.81. The molecule has 2 N–H and O–H groups in total. The Morgan fingerprint density at radius 2 is 2.21 bits per heavy atom. The van der Waals surface area contributed by atoms with Gasteiger partial charge in [-0.2, -0.15) is 0 Å². The zero-order valence-corrected chi connectivity index (χ0v) is 9.04. The van der Waals surface area contributed by atoms with Crippen molar-refractivity contribution in [2.45, 2.75) is 32.9 Å². The summed E-state index contributed by atoms with van der Waals surface area (Å²) in [4.78, 5) is 4.02. The third kappa shape index (κ3) is 3.85. The molecule has 0 atom stereocenters. The molecule has 3 heteroatoms. The molecular formula is C11H18N2O. The predicted molar refractivity (Wildman–Crippen MR) is 57.0 cm³/mol. The van der Waals surface area contributed by atoms with Crippen LogP contribution >= 0.6 is 0 Å². The molecule has 1 rings (SSSR count). The monoisotopic (exact) mass is 194 g/mol. The molecule has 78 valence electrons. The Labute approximate surface area is 85.2 Å². The second kappa shape index (κ2) is 4.53. The van der Waals surface area contributed by atoms with Gasteiger partial charge in [-0.25, -0.2) is 0 Å². The molecule has 14 heavy (non-hydrogen) atoms. The summed E-state index contributed by atoms with van der Waals surface area (Å²) in [7, 11) is 0. The topological polar surface area (TPSA) is 45.2 Å². The fourth-order valence-corrected chi connectivity index (χ4v) is 1.20. The summed E-state index contributed by atoms with van der Waals surface area (Å²) in [5.74, 6) is 0. The highest BCUT2D eigenvalue weighted by atomic mass is 16.3. The van der Waals surface area contributed by atoms with E-state index in [2.05, 4.69) is 10.3 Å². The van der Waals surface area contributed by atoms with Gasteiger partial charge in [0.15, 0.2) is 0 Å². The van der Waals surface area contributed by atoms with Crippen LogP contribution in [-0.2, 0) is 6.54 Å². The molecule has 0 unspecified atom stereocenters. The van der Waals surface area contributed by atoms with E-state index >= 15 is 0 Å². The molecule has 3 nitrogen and oxygen atoms in total. The van der Waals surface area contributed by atoms with E-state index in [1.54, 1.807) is 20.0 Å². The van der Waals surface area contributed by atoms with E-state index in [4.69, 9.17) is 0 Å². The second-order valence-corrected chi connectivity index (χ2v) is 4.22. The number of nitrogens with one attached hydrogen (secondary N) is 1. The molecule has 0 aromatic carbocycles. The van der Waals surface area contributed by atoms with Gasteiger partial charge in [0.05, 0.1) is 5.60 Å². The fraction of sp³-hybridized carbons (Fsp3) is 0.545. The van der Waals surface area contributed by atoms with Crippen LogP contribution in [0, 0.1) is 6.92 Å². The summed E-state index contributed by atoms with van der Waals surface area (Å²) in [5, 5.41) is 12.7. The molecule has 0 aliphatic heterocycles. The molecule has 1 heterocycles. The van der Waals surface area contributed by atoms with Crippen LogP contribution in [0.4, 0.5) is 0 Å². The Morgan fingerprint density at radius 1 is 1.50 bits per heavy atom. The van der Waals surface area contributed by atoms with E-state index < -0.39 is 5.60 Å². The second-order valence-electron chi connectivity index (χ2n) is 4.22. The van der Waals surface area contributed by atoms with Crippen molar-refractivity contribution in [2.75, 3.05) is 6.54 Å². The maximum absolute atomic E-state index is 9.49. The van der Waals surface area contributed by atoms with Crippen LogP contribution < -0.4 is 5.32 Å². The first kappa shape index (κ1) is 11.1. The Hall–Kier alpha value is -0.930. The van der Waals surface area contributed by atoms with Gasteiger partial charge in [-0.3, -0.25) is 4.98 Å². The van der Waals surface area contributed by atoms with Crippen LogP contribution in [-0.4, -0.2) is 22.2 Å². The minimum absolute atomic E-state index is 0.592. The highest BCUT2D eigenvalue weighted by Gasteiger charge is 2.11. The van der Waals surface area contributed by atoms with Crippen molar-refractivity contribution in [1.29, 1.82) is 0 Å². The number of aryl methyl sites for hydroxylation is 1. The van der Waals surface area contributed by atoms with Gasteiger partial charge in [0, 0.05) is 25.5 Å². The van der Waals surface area contributed by atoms with Crippen LogP contribution in [0.2, 0.25) is 0 Å². The number of aromatic nitrogens is 1. The van der Waals surface area contributed by atoms with Gasteiger partial charge in [0.1, 0.15) is 0 Å². The van der Waals surface area contributed by atoms with Crippen LogP contribution in [0.15, 0.2) is 18.5 Å². The number of hydrogen-bond acceptors (Lipinski definition) is 3. The van der Waals surface area contributed by atoms with Crippen molar-refractivity contribution in [3.8, 4) is 0 Å². The molecule has 0 bridgehead atoms. The summed E-state index contributed by atoms with van der Waals surface area (Å²) in [6.07, 6.45) is 3.63. The molecule has 0 radical (unpaired) electrons. The lowest BCUT2D eigenvalue weighted by Gasteiger charge is -2.18. The quantitative estimate of drug-likeness (QED) is 0.758. The van der Waals surface area contributed by atoms with Gasteiger partial charge < -0.3 is 10.4 Å². The number of rotatable bonds is 4. The molecule has 0 saturated carbocycles. The van der Waals surface area contributed by atoms with Gasteiger partial charge in [-0.05, 0) is 38.0 Å². The Bertz CT molecular complexity index is 292. The largest absolute Gasteiger partial charge is 0.389 e. The lowest BCUT2D eigenvalue weighted by Crippen LogP contribution is -2.34. The Kier molecular flexibility index (Phi) is 3.61. The number of pyridine rings is 1. The minimum Gasteiger partial charge on any atom is -0.389 e. The van der Waals surface area contributed by atoms with Crippen LogP contribution in [0.1, 0.15) is 25.0 Å². The lowest BCUT2D eigenvalue weighted by atomic mass is 10.1. The normalized spacial score (nSPS) is 11.7. The molecule has 1 aromatic heterocycles. The van der Waals surface area contributed by atoms with Gasteiger partial charge in [0.25, 0.3) is 0 Å². The van der Waals surface area contributed by atoms with Crippen molar-refractivity contribution in [3.63, 3.8) is 0 Å². The van der Waals surface area contributed by atoms with E-state index in [0.29, 0.717) is 6.54 Å². The average molecular weight is 194 g/mol. The first-order chi connectivity index (χ1) is 6.49. The van der Waals surface area contributed by atoms with Gasteiger partial charge in [-0.1, -0.05) is 0 Å². The third-order valence-corrected chi connectivity index (χ3v) is 2.01. The van der Waals surface area contributed by atoms with Crippen molar-refractivity contribution in [3.05, 3.63) is 29.6 Å². The third-order valence-electron chi connectivity index (χ3n) is 2.01. The molecule has 0 amide bonds. The van der Waals surface area contributed by atoms with Gasteiger partial charge >= 0.3 is 0 Å². The average Bonchev–Trinajstić information content (AvgIpc) is 2.06. The maximum atomic E-state index is 9.49. The van der Waals surface area contributed by atoms with E-state index in [9.17, 15) is 5.11 Å². The van der Waals surface area contributed by atoms with Gasteiger partial charge in [-0.15, -0.1) is 0 Å². The zero-order valence-electron chi connectivity index (χ0n) is 9.04. The first-order valence-electron chi connectivity index (χ1n) is 4.81. The summed E-state index contributed by atoms with van der Waals surface area (Å²) in [5.41, 5.74) is 1.75. The van der Waals surface area contributed by atoms with Crippen LogP contribution in [0.5, 0.6) is 0 Å². The highest BCUT2D eigenvalue weighted by Crippen LogP contribution is 2.05. The molecule has 0 aliphatic carbocycles. The Balaban J connectivity index is 2.43. The van der Waals surface area contributed by atoms with Gasteiger partial charge in [0.2, 0.25) is 0 Å². The summed E-state index contributed by atoms with van der Waals surface area (Å²) in [6.45, 7) is 6.99. The number of nitrogens with zero attached hydrogens (tertiary/aromatic N) is 1. The van der Waals surface area contributed by atoms with Crippen molar-refractivity contribution in [1.82, 2.24) is 10.3 Å². The van der Waals surface area contributed by atoms with E-state index in [1.165, 1.54) is 11.1 Å². The lowest BCUT2D eigenvalue weighted by molar-refractivity contribution is 0.0795. The summed E-state index contributed by atoms with van der Waals surface area (Å²) >= 11 is 0. The van der Waals surface area contributed by atoms with Crippen molar-refractivity contribution >= 4 is 0 Å². The predicted octanol–water partition coefficient (Wildman–Crippen LogP) is 1.25. The van der Waals surface area contributed by atoms with Crippen molar-refractivity contribution in [2.24, 2.45) is 0 Å². The van der Waals surface area contributed by atoms with E-state index in [-0.39, 0.29) is 0 Å². The van der Waals surface area contributed by atoms with E-state index in [0.717, 1.165) is 6.54 Å². The molecule has 0 spiro atoms. The maximum Gasteiger partial charge on any atom is 0.0715 e.